The summed E-state index contributed by atoms with van der Waals surface area (Å²) in [5.74, 6) is 2.33. The predicted octanol–water partition coefficient (Wildman–Crippen LogP) is 1.55. The van der Waals surface area contributed by atoms with Crippen molar-refractivity contribution in [2.75, 3.05) is 18.4 Å². The number of carbonyl (C=O) groups is 1. The number of hydrogen-bond acceptors (Lipinski definition) is 7. The van der Waals surface area contributed by atoms with E-state index in [0.717, 1.165) is 30.0 Å². The molecule has 9 heteroatoms. The lowest BCUT2D eigenvalue weighted by atomic mass is 10.2. The Morgan fingerprint density at radius 3 is 2.78 bits per heavy atom. The van der Waals surface area contributed by atoms with Crippen LogP contribution in [0.3, 0.4) is 0 Å². The third-order valence-corrected chi connectivity index (χ3v) is 4.88. The van der Waals surface area contributed by atoms with E-state index >= 15 is 0 Å². The third-order valence-electron chi connectivity index (χ3n) is 4.88. The first-order valence-corrected chi connectivity index (χ1v) is 9.07. The molecule has 0 saturated carbocycles. The molecule has 0 spiro atoms. The molecular weight excluding hydrogens is 344 g/mol. The Morgan fingerprint density at radius 1 is 1.26 bits per heavy atom. The van der Waals surface area contributed by atoms with Crippen molar-refractivity contribution in [3.8, 4) is 11.4 Å². The zero-order valence-electron chi connectivity index (χ0n) is 15.7. The molecule has 9 nitrogen and oxygen atoms in total. The van der Waals surface area contributed by atoms with E-state index in [1.165, 1.54) is 6.33 Å². The number of nitrogens with one attached hydrogen (secondary N) is 1. The van der Waals surface area contributed by atoms with Crippen LogP contribution in [0.4, 0.5) is 5.82 Å². The zero-order chi connectivity index (χ0) is 19.0. The predicted molar refractivity (Wildman–Crippen MR) is 101 cm³/mol. The van der Waals surface area contributed by atoms with Gasteiger partial charge in [0.1, 0.15) is 18.0 Å². The maximum absolute atomic E-state index is 11.9. The SMILES string of the molecule is CCC(=O)N1CC[C@H](Nc2ncnc3c2nc(-c2cnc(C)nc2)n3C)C1. The molecule has 1 aliphatic heterocycles. The standard InChI is InChI=1S/C18H22N8O/c1-4-14(27)26-6-5-13(9-26)23-16-15-18(22-10-21-16)25(3)17(24-15)12-7-19-11(2)20-8-12/h7-8,10,13H,4-6,9H2,1-3H3,(H,21,22,23)/t13-/m0/s1. The number of aromatic nitrogens is 6. The summed E-state index contributed by atoms with van der Waals surface area (Å²) < 4.78 is 1.91. The van der Waals surface area contributed by atoms with Gasteiger partial charge in [0.25, 0.3) is 0 Å². The molecule has 3 aromatic rings. The van der Waals surface area contributed by atoms with Crippen LogP contribution in [0, 0.1) is 6.92 Å². The van der Waals surface area contributed by atoms with Gasteiger partial charge in [-0.2, -0.15) is 0 Å². The van der Waals surface area contributed by atoms with Crippen LogP contribution in [0.1, 0.15) is 25.6 Å². The zero-order valence-corrected chi connectivity index (χ0v) is 15.7. The maximum Gasteiger partial charge on any atom is 0.222 e. The topological polar surface area (TPSA) is 102 Å². The Bertz CT molecular complexity index is 981. The van der Waals surface area contributed by atoms with Gasteiger partial charge in [-0.3, -0.25) is 4.79 Å². The molecular formula is C18H22N8O. The van der Waals surface area contributed by atoms with Crippen molar-refractivity contribution in [1.29, 1.82) is 0 Å². The minimum absolute atomic E-state index is 0.159. The van der Waals surface area contributed by atoms with Gasteiger partial charge in [0.15, 0.2) is 17.0 Å². The minimum atomic E-state index is 0.159. The first kappa shape index (κ1) is 17.3. The highest BCUT2D eigenvalue weighted by atomic mass is 16.2. The lowest BCUT2D eigenvalue weighted by molar-refractivity contribution is -0.129. The lowest BCUT2D eigenvalue weighted by Crippen LogP contribution is -2.31. The van der Waals surface area contributed by atoms with Crippen molar-refractivity contribution in [1.82, 2.24) is 34.4 Å². The van der Waals surface area contributed by atoms with Gasteiger partial charge >= 0.3 is 0 Å². The van der Waals surface area contributed by atoms with Crippen molar-refractivity contribution in [2.45, 2.75) is 32.7 Å². The molecule has 0 unspecified atom stereocenters. The Morgan fingerprint density at radius 2 is 2.04 bits per heavy atom. The average Bonchev–Trinajstić information content (AvgIpc) is 3.28. The van der Waals surface area contributed by atoms with Gasteiger partial charge in [0.2, 0.25) is 5.91 Å². The molecule has 0 aliphatic carbocycles. The second-order valence-corrected chi connectivity index (χ2v) is 6.73. The number of amides is 1. The van der Waals surface area contributed by atoms with E-state index in [1.807, 2.05) is 30.4 Å². The van der Waals surface area contributed by atoms with Crippen molar-refractivity contribution >= 4 is 22.9 Å². The van der Waals surface area contributed by atoms with Crippen molar-refractivity contribution in [2.24, 2.45) is 7.05 Å². The van der Waals surface area contributed by atoms with Gasteiger partial charge in [-0.1, -0.05) is 6.92 Å². The van der Waals surface area contributed by atoms with Crippen LogP contribution in [-0.4, -0.2) is 59.4 Å². The fourth-order valence-corrected chi connectivity index (χ4v) is 3.39. The van der Waals surface area contributed by atoms with Crippen LogP contribution < -0.4 is 5.32 Å². The summed E-state index contributed by atoms with van der Waals surface area (Å²) in [6.45, 7) is 5.19. The molecule has 140 valence electrons. The Labute approximate surface area is 156 Å². The van der Waals surface area contributed by atoms with Gasteiger partial charge in [0, 0.05) is 45.0 Å². The van der Waals surface area contributed by atoms with E-state index in [4.69, 9.17) is 4.98 Å². The number of anilines is 1. The number of carbonyl (C=O) groups excluding carboxylic acids is 1. The molecule has 0 aromatic carbocycles. The Kier molecular flexibility index (Phi) is 4.43. The highest BCUT2D eigenvalue weighted by molar-refractivity contribution is 5.86. The number of imidazole rings is 1. The minimum Gasteiger partial charge on any atom is -0.364 e. The second-order valence-electron chi connectivity index (χ2n) is 6.73. The van der Waals surface area contributed by atoms with Gasteiger partial charge in [-0.15, -0.1) is 0 Å². The fourth-order valence-electron chi connectivity index (χ4n) is 3.39. The van der Waals surface area contributed by atoms with E-state index in [9.17, 15) is 4.79 Å². The first-order valence-electron chi connectivity index (χ1n) is 9.07. The molecule has 4 rings (SSSR count). The number of hydrogen-bond donors (Lipinski definition) is 1. The van der Waals surface area contributed by atoms with Crippen LogP contribution in [0.2, 0.25) is 0 Å². The number of fused-ring (bicyclic) bond motifs is 1. The smallest absolute Gasteiger partial charge is 0.222 e. The lowest BCUT2D eigenvalue weighted by Gasteiger charge is -2.16. The second kappa shape index (κ2) is 6.90. The van der Waals surface area contributed by atoms with Crippen molar-refractivity contribution in [3.05, 3.63) is 24.5 Å². The molecule has 1 fully saturated rings. The average molecular weight is 366 g/mol. The van der Waals surface area contributed by atoms with Crippen molar-refractivity contribution < 1.29 is 4.79 Å². The molecule has 1 saturated heterocycles. The normalized spacial score (nSPS) is 16.9. The van der Waals surface area contributed by atoms with Crippen molar-refractivity contribution in [3.63, 3.8) is 0 Å². The van der Waals surface area contributed by atoms with Crippen LogP contribution in [0.25, 0.3) is 22.6 Å². The largest absolute Gasteiger partial charge is 0.364 e. The number of aryl methyl sites for hydroxylation is 2. The number of likely N-dealkylation sites (tertiary alicyclic amines) is 1. The maximum atomic E-state index is 11.9. The monoisotopic (exact) mass is 366 g/mol. The fraction of sp³-hybridized carbons (Fsp3) is 0.444. The van der Waals surface area contributed by atoms with Gasteiger partial charge in [-0.05, 0) is 13.3 Å². The molecule has 1 amide bonds. The summed E-state index contributed by atoms with van der Waals surface area (Å²) in [6.07, 6.45) is 6.48. The molecule has 1 N–H and O–H groups in total. The molecule has 0 bridgehead atoms. The van der Waals surface area contributed by atoms with E-state index in [0.29, 0.717) is 30.1 Å². The van der Waals surface area contributed by atoms with Crippen LogP contribution in [0.5, 0.6) is 0 Å². The molecule has 1 atom stereocenters. The van der Waals surface area contributed by atoms with Crippen LogP contribution in [0.15, 0.2) is 18.7 Å². The number of nitrogens with zero attached hydrogens (tertiary/aromatic N) is 7. The van der Waals surface area contributed by atoms with E-state index in [2.05, 4.69) is 25.3 Å². The molecule has 0 radical (unpaired) electrons. The van der Waals surface area contributed by atoms with E-state index in [-0.39, 0.29) is 11.9 Å². The first-order chi connectivity index (χ1) is 13.1. The quantitative estimate of drug-likeness (QED) is 0.747. The summed E-state index contributed by atoms with van der Waals surface area (Å²) in [5.41, 5.74) is 2.27. The molecule has 3 aromatic heterocycles. The molecule has 4 heterocycles. The van der Waals surface area contributed by atoms with Crippen LogP contribution in [-0.2, 0) is 11.8 Å². The Balaban J connectivity index is 1.64. The van der Waals surface area contributed by atoms with E-state index in [1.54, 1.807) is 12.4 Å². The molecule has 27 heavy (non-hydrogen) atoms. The van der Waals surface area contributed by atoms with Gasteiger partial charge in [-0.25, -0.2) is 24.9 Å². The summed E-state index contributed by atoms with van der Waals surface area (Å²) >= 11 is 0. The van der Waals surface area contributed by atoms with Crippen LogP contribution >= 0.6 is 0 Å². The summed E-state index contributed by atoms with van der Waals surface area (Å²) in [5, 5.41) is 3.44. The number of rotatable bonds is 4. The van der Waals surface area contributed by atoms with E-state index < -0.39 is 0 Å². The third kappa shape index (κ3) is 3.20. The highest BCUT2D eigenvalue weighted by Crippen LogP contribution is 2.26. The van der Waals surface area contributed by atoms with Gasteiger partial charge in [0.05, 0.1) is 5.56 Å². The summed E-state index contributed by atoms with van der Waals surface area (Å²) in [7, 11) is 1.92. The summed E-state index contributed by atoms with van der Waals surface area (Å²) in [6, 6.07) is 0.159. The molecule has 1 aliphatic rings. The Hall–Kier alpha value is -3.10. The highest BCUT2D eigenvalue weighted by Gasteiger charge is 2.26. The van der Waals surface area contributed by atoms with Gasteiger partial charge < -0.3 is 14.8 Å². The summed E-state index contributed by atoms with van der Waals surface area (Å²) in [4.78, 5) is 35.8.